The maximum Gasteiger partial charge on any atom is 0.237 e. The van der Waals surface area contributed by atoms with Crippen molar-refractivity contribution in [1.29, 1.82) is 0 Å². The number of aryl methyl sites for hydroxylation is 2. The van der Waals surface area contributed by atoms with E-state index in [2.05, 4.69) is 36.3 Å². The van der Waals surface area contributed by atoms with Gasteiger partial charge in [-0.05, 0) is 56.2 Å². The first-order valence-corrected chi connectivity index (χ1v) is 7.88. The van der Waals surface area contributed by atoms with Crippen LogP contribution in [-0.2, 0) is 4.79 Å². The number of benzene rings is 1. The van der Waals surface area contributed by atoms with Gasteiger partial charge >= 0.3 is 0 Å². The molecule has 0 bridgehead atoms. The van der Waals surface area contributed by atoms with Crippen LogP contribution in [-0.4, -0.2) is 16.1 Å². The molecular weight excluding hydrogens is 304 g/mol. The Labute approximate surface area is 134 Å². The predicted octanol–water partition coefficient (Wildman–Crippen LogP) is 4.47. The number of anilines is 1. The lowest BCUT2D eigenvalue weighted by Crippen LogP contribution is -2.22. The second kappa shape index (κ2) is 6.96. The number of carbonyl (C=O) groups excluding carboxylic acids is 1. The van der Waals surface area contributed by atoms with Crippen LogP contribution in [0.2, 0.25) is 5.15 Å². The largest absolute Gasteiger partial charge is 0.322 e. The lowest BCUT2D eigenvalue weighted by atomic mass is 10.1. The third-order valence-electron chi connectivity index (χ3n) is 3.18. The average Bonchev–Trinajstić information content (AvgIpc) is 2.45. The highest BCUT2D eigenvalue weighted by Crippen LogP contribution is 2.27. The average molecular weight is 321 g/mol. The standard InChI is InChI=1S/C16H17ClN2OS/c1-10-6-7-13(9-11(10)2)21-12(3)16(20)19-14-5-4-8-18-15(14)17/h4-9,12H,1-3H3,(H,19,20)/t12-/m1/s1. The van der Waals surface area contributed by atoms with Gasteiger partial charge in [-0.15, -0.1) is 11.8 Å². The number of hydrogen-bond acceptors (Lipinski definition) is 3. The molecule has 5 heteroatoms. The zero-order chi connectivity index (χ0) is 15.4. The van der Waals surface area contributed by atoms with Crippen molar-refractivity contribution in [3.05, 3.63) is 52.8 Å². The highest BCUT2D eigenvalue weighted by molar-refractivity contribution is 8.00. The van der Waals surface area contributed by atoms with E-state index in [1.165, 1.54) is 22.9 Å². The molecule has 0 aliphatic rings. The van der Waals surface area contributed by atoms with Crippen LogP contribution in [0.1, 0.15) is 18.1 Å². The summed E-state index contributed by atoms with van der Waals surface area (Å²) >= 11 is 7.46. The molecule has 0 unspecified atom stereocenters. The molecule has 1 N–H and O–H groups in total. The van der Waals surface area contributed by atoms with Crippen molar-refractivity contribution in [3.8, 4) is 0 Å². The summed E-state index contributed by atoms with van der Waals surface area (Å²) in [4.78, 5) is 17.2. The number of pyridine rings is 1. The van der Waals surface area contributed by atoms with Crippen molar-refractivity contribution in [2.24, 2.45) is 0 Å². The molecule has 21 heavy (non-hydrogen) atoms. The van der Waals surface area contributed by atoms with E-state index in [4.69, 9.17) is 11.6 Å². The molecule has 1 amide bonds. The molecule has 2 aromatic rings. The van der Waals surface area contributed by atoms with E-state index < -0.39 is 0 Å². The fourth-order valence-electron chi connectivity index (χ4n) is 1.76. The number of nitrogens with zero attached hydrogens (tertiary/aromatic N) is 1. The summed E-state index contributed by atoms with van der Waals surface area (Å²) in [7, 11) is 0. The summed E-state index contributed by atoms with van der Waals surface area (Å²) in [5.74, 6) is -0.0897. The fourth-order valence-corrected chi connectivity index (χ4v) is 2.89. The summed E-state index contributed by atoms with van der Waals surface area (Å²) in [6.45, 7) is 6.02. The van der Waals surface area contributed by atoms with Crippen LogP contribution in [0, 0.1) is 13.8 Å². The van der Waals surface area contributed by atoms with Crippen molar-refractivity contribution in [2.45, 2.75) is 30.9 Å². The van der Waals surface area contributed by atoms with E-state index in [1.54, 1.807) is 18.3 Å². The zero-order valence-corrected chi connectivity index (χ0v) is 13.8. The number of halogens is 1. The van der Waals surface area contributed by atoms with Crippen LogP contribution in [0.25, 0.3) is 0 Å². The molecule has 1 aromatic carbocycles. The monoisotopic (exact) mass is 320 g/mol. The molecular formula is C16H17ClN2OS. The van der Waals surface area contributed by atoms with E-state index in [0.717, 1.165) is 4.90 Å². The smallest absolute Gasteiger partial charge is 0.237 e. The molecule has 0 spiro atoms. The molecule has 1 atom stereocenters. The Kier molecular flexibility index (Phi) is 5.26. The highest BCUT2D eigenvalue weighted by Gasteiger charge is 2.16. The first kappa shape index (κ1) is 15.9. The van der Waals surface area contributed by atoms with Crippen LogP contribution >= 0.6 is 23.4 Å². The minimum atomic E-state index is -0.219. The van der Waals surface area contributed by atoms with Gasteiger partial charge in [0.05, 0.1) is 10.9 Å². The maximum absolute atomic E-state index is 12.2. The molecule has 1 heterocycles. The third-order valence-corrected chi connectivity index (χ3v) is 4.57. The van der Waals surface area contributed by atoms with Gasteiger partial charge < -0.3 is 5.32 Å². The van der Waals surface area contributed by atoms with Crippen LogP contribution in [0.4, 0.5) is 5.69 Å². The molecule has 2 rings (SSSR count). The van der Waals surface area contributed by atoms with Crippen LogP contribution in [0.3, 0.4) is 0 Å². The summed E-state index contributed by atoms with van der Waals surface area (Å²) in [6, 6.07) is 9.68. The second-order valence-electron chi connectivity index (χ2n) is 4.84. The quantitative estimate of drug-likeness (QED) is 0.667. The van der Waals surface area contributed by atoms with Crippen molar-refractivity contribution in [3.63, 3.8) is 0 Å². The zero-order valence-electron chi connectivity index (χ0n) is 12.2. The molecule has 0 aliphatic heterocycles. The van der Waals surface area contributed by atoms with Gasteiger partial charge in [0.15, 0.2) is 5.15 Å². The SMILES string of the molecule is Cc1ccc(S[C@H](C)C(=O)Nc2cccnc2Cl)cc1C. The number of amides is 1. The van der Waals surface area contributed by atoms with Gasteiger partial charge in [0.2, 0.25) is 5.91 Å². The Morgan fingerprint density at radius 1 is 1.29 bits per heavy atom. The molecule has 0 radical (unpaired) electrons. The van der Waals surface area contributed by atoms with Crippen LogP contribution in [0.15, 0.2) is 41.4 Å². The van der Waals surface area contributed by atoms with E-state index in [0.29, 0.717) is 10.8 Å². The van der Waals surface area contributed by atoms with Crippen molar-refractivity contribution < 1.29 is 4.79 Å². The molecule has 0 saturated heterocycles. The van der Waals surface area contributed by atoms with Crippen molar-refractivity contribution in [1.82, 2.24) is 4.98 Å². The van der Waals surface area contributed by atoms with Gasteiger partial charge in [0.1, 0.15) is 0 Å². The molecule has 0 saturated carbocycles. The summed E-state index contributed by atoms with van der Waals surface area (Å²) < 4.78 is 0. The maximum atomic E-state index is 12.2. The third kappa shape index (κ3) is 4.22. The Hall–Kier alpha value is -1.52. The topological polar surface area (TPSA) is 42.0 Å². The molecule has 3 nitrogen and oxygen atoms in total. The molecule has 0 aliphatic carbocycles. The number of aromatic nitrogens is 1. The number of rotatable bonds is 4. The normalized spacial score (nSPS) is 12.0. The van der Waals surface area contributed by atoms with E-state index in [-0.39, 0.29) is 11.2 Å². The summed E-state index contributed by atoms with van der Waals surface area (Å²) in [5, 5.41) is 2.88. The Balaban J connectivity index is 2.02. The van der Waals surface area contributed by atoms with Gasteiger partial charge in [-0.2, -0.15) is 0 Å². The second-order valence-corrected chi connectivity index (χ2v) is 6.61. The van der Waals surface area contributed by atoms with E-state index >= 15 is 0 Å². The van der Waals surface area contributed by atoms with Crippen LogP contribution in [0.5, 0.6) is 0 Å². The minimum absolute atomic E-state index is 0.0897. The number of thioether (sulfide) groups is 1. The van der Waals surface area contributed by atoms with Gasteiger partial charge in [-0.3, -0.25) is 4.79 Å². The van der Waals surface area contributed by atoms with Gasteiger partial charge in [0.25, 0.3) is 0 Å². The van der Waals surface area contributed by atoms with E-state index in [9.17, 15) is 4.79 Å². The number of nitrogens with one attached hydrogen (secondary N) is 1. The Morgan fingerprint density at radius 2 is 2.05 bits per heavy atom. The van der Waals surface area contributed by atoms with Gasteiger partial charge in [0, 0.05) is 11.1 Å². The predicted molar refractivity (Wildman–Crippen MR) is 89.1 cm³/mol. The molecule has 1 aromatic heterocycles. The highest BCUT2D eigenvalue weighted by atomic mass is 35.5. The van der Waals surface area contributed by atoms with Crippen molar-refractivity contribution in [2.75, 3.05) is 5.32 Å². The minimum Gasteiger partial charge on any atom is -0.322 e. The van der Waals surface area contributed by atoms with Gasteiger partial charge in [-0.1, -0.05) is 17.7 Å². The lowest BCUT2D eigenvalue weighted by molar-refractivity contribution is -0.115. The summed E-state index contributed by atoms with van der Waals surface area (Å²) in [6.07, 6.45) is 1.59. The van der Waals surface area contributed by atoms with Crippen molar-refractivity contribution >= 4 is 35.0 Å². The van der Waals surface area contributed by atoms with E-state index in [1.807, 2.05) is 13.0 Å². The first-order valence-electron chi connectivity index (χ1n) is 6.62. The summed E-state index contributed by atoms with van der Waals surface area (Å²) in [5.41, 5.74) is 3.01. The number of hydrogen-bond donors (Lipinski definition) is 1. The molecule has 110 valence electrons. The fraction of sp³-hybridized carbons (Fsp3) is 0.250. The Morgan fingerprint density at radius 3 is 2.71 bits per heavy atom. The number of carbonyl (C=O) groups is 1. The lowest BCUT2D eigenvalue weighted by Gasteiger charge is -2.13. The Bertz CT molecular complexity index is 660. The first-order chi connectivity index (χ1) is 9.97. The van der Waals surface area contributed by atoms with Gasteiger partial charge in [-0.25, -0.2) is 4.98 Å². The molecule has 0 fully saturated rings. The van der Waals surface area contributed by atoms with Crippen LogP contribution < -0.4 is 5.32 Å².